The molecule has 4 heteroatoms. The highest BCUT2D eigenvalue weighted by Gasteiger charge is 2.35. The molecule has 1 saturated heterocycles. The second-order valence-electron chi connectivity index (χ2n) is 3.96. The zero-order valence-corrected chi connectivity index (χ0v) is 8.83. The molecule has 2 N–H and O–H groups in total. The Kier molecular flexibility index (Phi) is 3.13. The summed E-state index contributed by atoms with van der Waals surface area (Å²) in [6.45, 7) is 0. The van der Waals surface area contributed by atoms with E-state index in [1.165, 1.54) is 6.42 Å². The molecular weight excluding hydrogens is 198 g/mol. The quantitative estimate of drug-likeness (QED) is 0.605. The van der Waals surface area contributed by atoms with Crippen molar-refractivity contribution in [2.24, 2.45) is 5.92 Å². The van der Waals surface area contributed by atoms with Crippen molar-refractivity contribution < 1.29 is 15.2 Å². The SMILES string of the molecule is O=C([O-])[C@@H]1CS[C@H]([C@H]2CC=CCC2)[NH2+]1. The van der Waals surface area contributed by atoms with Crippen LogP contribution in [0.25, 0.3) is 0 Å². The monoisotopic (exact) mass is 213 g/mol. The lowest BCUT2D eigenvalue weighted by atomic mass is 9.94. The highest BCUT2D eigenvalue weighted by Crippen LogP contribution is 2.28. The van der Waals surface area contributed by atoms with Crippen LogP contribution in [0, 0.1) is 5.92 Å². The number of carboxylic acids is 1. The van der Waals surface area contributed by atoms with Gasteiger partial charge in [0, 0.05) is 5.92 Å². The third-order valence-electron chi connectivity index (χ3n) is 2.97. The van der Waals surface area contributed by atoms with Crippen molar-refractivity contribution in [2.75, 3.05) is 5.75 Å². The van der Waals surface area contributed by atoms with Gasteiger partial charge in [-0.2, -0.15) is 0 Å². The Morgan fingerprint density at radius 2 is 2.36 bits per heavy atom. The molecule has 0 spiro atoms. The number of nitrogens with two attached hydrogens (primary N) is 1. The number of hydrogen-bond acceptors (Lipinski definition) is 3. The molecule has 0 aromatic carbocycles. The zero-order valence-electron chi connectivity index (χ0n) is 8.02. The predicted molar refractivity (Wildman–Crippen MR) is 53.4 cm³/mol. The highest BCUT2D eigenvalue weighted by atomic mass is 32.2. The third kappa shape index (κ3) is 2.12. The van der Waals surface area contributed by atoms with Crippen molar-refractivity contribution in [3.63, 3.8) is 0 Å². The lowest BCUT2D eigenvalue weighted by Crippen LogP contribution is -2.95. The average molecular weight is 213 g/mol. The molecule has 3 atom stereocenters. The molecule has 2 aliphatic rings. The first kappa shape index (κ1) is 10.1. The Bertz CT molecular complexity index is 255. The Morgan fingerprint density at radius 1 is 1.50 bits per heavy atom. The van der Waals surface area contributed by atoms with Crippen molar-refractivity contribution in [3.05, 3.63) is 12.2 Å². The Morgan fingerprint density at radius 3 is 2.93 bits per heavy atom. The molecule has 0 aromatic heterocycles. The standard InChI is InChI=1S/C10H15NO2S/c12-10(13)8-6-14-9(11-8)7-4-2-1-3-5-7/h1-2,7-9,11H,3-6H2,(H,12,13)/t7-,8-,9+/m0/s1. The van der Waals surface area contributed by atoms with Crippen LogP contribution in [-0.2, 0) is 4.79 Å². The minimum atomic E-state index is -0.911. The minimum absolute atomic E-state index is 0.323. The van der Waals surface area contributed by atoms with E-state index >= 15 is 0 Å². The Balaban J connectivity index is 1.88. The number of hydrogen-bond donors (Lipinski definition) is 1. The summed E-state index contributed by atoms with van der Waals surface area (Å²) in [5, 5.41) is 13.1. The molecule has 1 heterocycles. The number of carbonyl (C=O) groups is 1. The summed E-state index contributed by atoms with van der Waals surface area (Å²) in [6.07, 6.45) is 7.88. The predicted octanol–water partition coefficient (Wildman–Crippen LogP) is -0.902. The molecule has 0 saturated carbocycles. The van der Waals surface area contributed by atoms with Gasteiger partial charge in [-0.05, 0) is 19.3 Å². The summed E-state index contributed by atoms with van der Waals surface area (Å²) in [4.78, 5) is 10.7. The van der Waals surface area contributed by atoms with Gasteiger partial charge in [0.1, 0.15) is 17.4 Å². The Labute approximate surface area is 88.0 Å². The normalized spacial score (nSPS) is 37.3. The van der Waals surface area contributed by atoms with Gasteiger partial charge in [0.25, 0.3) is 0 Å². The summed E-state index contributed by atoms with van der Waals surface area (Å²) in [7, 11) is 0. The van der Waals surface area contributed by atoms with Gasteiger partial charge < -0.3 is 15.2 Å². The van der Waals surface area contributed by atoms with Crippen molar-refractivity contribution in [1.29, 1.82) is 0 Å². The van der Waals surface area contributed by atoms with Crippen molar-refractivity contribution in [1.82, 2.24) is 0 Å². The number of rotatable bonds is 2. The summed E-state index contributed by atoms with van der Waals surface area (Å²) in [5.41, 5.74) is 0. The van der Waals surface area contributed by atoms with E-state index in [9.17, 15) is 9.90 Å². The lowest BCUT2D eigenvalue weighted by molar-refractivity contribution is -0.690. The largest absolute Gasteiger partial charge is 0.544 e. The summed E-state index contributed by atoms with van der Waals surface area (Å²) in [6, 6.07) is -0.323. The average Bonchev–Trinajstić information content (AvgIpc) is 2.68. The molecule has 3 nitrogen and oxygen atoms in total. The van der Waals surface area contributed by atoms with Crippen LogP contribution in [0.4, 0.5) is 0 Å². The molecule has 1 aliphatic carbocycles. The van der Waals surface area contributed by atoms with Gasteiger partial charge in [-0.1, -0.05) is 23.9 Å². The van der Waals surface area contributed by atoms with Crippen LogP contribution in [-0.4, -0.2) is 23.1 Å². The first-order valence-electron chi connectivity index (χ1n) is 5.10. The smallest absolute Gasteiger partial charge is 0.136 e. The van der Waals surface area contributed by atoms with E-state index < -0.39 is 5.97 Å². The molecule has 2 rings (SSSR count). The molecule has 0 unspecified atom stereocenters. The second kappa shape index (κ2) is 4.36. The maximum absolute atomic E-state index is 10.7. The van der Waals surface area contributed by atoms with Gasteiger partial charge in [0.2, 0.25) is 0 Å². The lowest BCUT2D eigenvalue weighted by Gasteiger charge is -2.21. The number of quaternary nitrogens is 1. The first-order valence-corrected chi connectivity index (χ1v) is 6.14. The van der Waals surface area contributed by atoms with Crippen LogP contribution in [0.2, 0.25) is 0 Å². The van der Waals surface area contributed by atoms with Crippen LogP contribution < -0.4 is 10.4 Å². The minimum Gasteiger partial charge on any atom is -0.544 e. The Hall–Kier alpha value is -0.480. The van der Waals surface area contributed by atoms with E-state index in [0.717, 1.165) is 12.8 Å². The fourth-order valence-electron chi connectivity index (χ4n) is 2.11. The fraction of sp³-hybridized carbons (Fsp3) is 0.700. The molecule has 0 bridgehead atoms. The maximum Gasteiger partial charge on any atom is 0.136 e. The molecule has 78 valence electrons. The topological polar surface area (TPSA) is 56.7 Å². The molecule has 0 amide bonds. The van der Waals surface area contributed by atoms with Crippen molar-refractivity contribution >= 4 is 17.7 Å². The van der Waals surface area contributed by atoms with Crippen LogP contribution in [0.5, 0.6) is 0 Å². The van der Waals surface area contributed by atoms with Crippen LogP contribution >= 0.6 is 11.8 Å². The number of carbonyl (C=O) groups excluding carboxylic acids is 1. The van der Waals surface area contributed by atoms with Gasteiger partial charge in [-0.25, -0.2) is 0 Å². The van der Waals surface area contributed by atoms with Gasteiger partial charge in [0.05, 0.1) is 5.75 Å². The fourth-order valence-corrected chi connectivity index (χ4v) is 3.61. The number of aliphatic carboxylic acids is 1. The number of thioether (sulfide) groups is 1. The summed E-state index contributed by atoms with van der Waals surface area (Å²) < 4.78 is 0. The van der Waals surface area contributed by atoms with E-state index in [4.69, 9.17) is 0 Å². The molecule has 0 radical (unpaired) electrons. The van der Waals surface area contributed by atoms with Crippen molar-refractivity contribution in [3.8, 4) is 0 Å². The summed E-state index contributed by atoms with van der Waals surface area (Å²) in [5.74, 6) is 0.438. The van der Waals surface area contributed by atoms with Crippen LogP contribution in [0.15, 0.2) is 12.2 Å². The molecule has 0 aromatic rings. The third-order valence-corrected chi connectivity index (χ3v) is 4.45. The van der Waals surface area contributed by atoms with Crippen LogP contribution in [0.1, 0.15) is 19.3 Å². The maximum atomic E-state index is 10.7. The zero-order chi connectivity index (χ0) is 9.97. The van der Waals surface area contributed by atoms with Crippen LogP contribution in [0.3, 0.4) is 0 Å². The number of carboxylic acid groups (broad SMARTS) is 1. The van der Waals surface area contributed by atoms with E-state index in [-0.39, 0.29) is 6.04 Å². The highest BCUT2D eigenvalue weighted by molar-refractivity contribution is 7.99. The molecule has 14 heavy (non-hydrogen) atoms. The van der Waals surface area contributed by atoms with Gasteiger partial charge in [0.15, 0.2) is 0 Å². The van der Waals surface area contributed by atoms with Gasteiger partial charge in [-0.15, -0.1) is 0 Å². The molecule has 1 fully saturated rings. The summed E-state index contributed by atoms with van der Waals surface area (Å²) >= 11 is 1.78. The van der Waals surface area contributed by atoms with E-state index in [1.54, 1.807) is 11.8 Å². The number of allylic oxidation sites excluding steroid dienone is 2. The van der Waals surface area contributed by atoms with Gasteiger partial charge in [-0.3, -0.25) is 0 Å². The second-order valence-corrected chi connectivity index (χ2v) is 5.17. The van der Waals surface area contributed by atoms with E-state index in [2.05, 4.69) is 12.2 Å². The van der Waals surface area contributed by atoms with Gasteiger partial charge >= 0.3 is 0 Å². The van der Waals surface area contributed by atoms with E-state index in [0.29, 0.717) is 17.0 Å². The molecule has 1 aliphatic heterocycles. The first-order chi connectivity index (χ1) is 6.77. The van der Waals surface area contributed by atoms with E-state index in [1.807, 2.05) is 5.32 Å². The molecular formula is C10H15NO2S. The van der Waals surface area contributed by atoms with Crippen molar-refractivity contribution in [2.45, 2.75) is 30.7 Å².